The van der Waals surface area contributed by atoms with E-state index in [4.69, 9.17) is 0 Å². The number of nitrogens with zero attached hydrogens (tertiary/aromatic N) is 4. The fraction of sp³-hybridized carbons (Fsp3) is 0.667. The Morgan fingerprint density at radius 1 is 1.50 bits per heavy atom. The van der Waals surface area contributed by atoms with Crippen molar-refractivity contribution in [2.45, 2.75) is 25.6 Å². The summed E-state index contributed by atoms with van der Waals surface area (Å²) in [5, 5.41) is 10.3. The maximum absolute atomic E-state index is 12.4. The number of aryl methyl sites for hydroxylation is 1. The molecular formula is C12H16F3N5O2. The summed E-state index contributed by atoms with van der Waals surface area (Å²) >= 11 is 0. The Bertz CT molecular complexity index is 557. The number of aromatic nitrogens is 3. The second kappa shape index (κ2) is 6.32. The van der Waals surface area contributed by atoms with Crippen LogP contribution >= 0.6 is 0 Å². The van der Waals surface area contributed by atoms with Gasteiger partial charge in [0.1, 0.15) is 18.2 Å². The summed E-state index contributed by atoms with van der Waals surface area (Å²) in [5.41, 5.74) is 0.506. The Morgan fingerprint density at radius 3 is 2.82 bits per heavy atom. The minimum atomic E-state index is -4.46. The predicted molar refractivity (Wildman–Crippen MR) is 68.2 cm³/mol. The van der Waals surface area contributed by atoms with E-state index >= 15 is 0 Å². The van der Waals surface area contributed by atoms with Crippen molar-refractivity contribution in [2.75, 3.05) is 13.1 Å². The number of alkyl halides is 3. The lowest BCUT2D eigenvalue weighted by atomic mass is 9.96. The lowest BCUT2D eigenvalue weighted by Crippen LogP contribution is -2.50. The van der Waals surface area contributed by atoms with Crippen LogP contribution in [-0.2, 0) is 23.2 Å². The van der Waals surface area contributed by atoms with E-state index < -0.39 is 30.5 Å². The van der Waals surface area contributed by atoms with E-state index in [9.17, 15) is 22.8 Å². The van der Waals surface area contributed by atoms with Crippen LogP contribution in [0.1, 0.15) is 18.5 Å². The smallest absolute Gasteiger partial charge is 0.350 e. The Hall–Kier alpha value is -2.13. The van der Waals surface area contributed by atoms with Gasteiger partial charge < -0.3 is 10.2 Å². The van der Waals surface area contributed by atoms with Gasteiger partial charge in [0.15, 0.2) is 0 Å². The van der Waals surface area contributed by atoms with E-state index in [1.165, 1.54) is 11.0 Å². The molecule has 2 rings (SSSR count). The van der Waals surface area contributed by atoms with E-state index in [1.54, 1.807) is 7.05 Å². The first-order valence-corrected chi connectivity index (χ1v) is 6.75. The number of likely N-dealkylation sites (tertiary alicyclic amines) is 1. The molecule has 1 aromatic heterocycles. The minimum Gasteiger partial charge on any atom is -0.350 e. The van der Waals surface area contributed by atoms with Crippen LogP contribution in [0.5, 0.6) is 0 Å². The van der Waals surface area contributed by atoms with Gasteiger partial charge in [-0.25, -0.2) is 0 Å². The highest BCUT2D eigenvalue weighted by molar-refractivity contribution is 6.00. The lowest BCUT2D eigenvalue weighted by Gasteiger charge is -2.32. The zero-order valence-electron chi connectivity index (χ0n) is 11.9. The first-order chi connectivity index (χ1) is 10.3. The molecule has 1 saturated heterocycles. The van der Waals surface area contributed by atoms with Gasteiger partial charge in [-0.2, -0.15) is 28.2 Å². The third kappa shape index (κ3) is 4.18. The maximum atomic E-state index is 12.4. The van der Waals surface area contributed by atoms with Crippen LogP contribution in [0.25, 0.3) is 0 Å². The molecule has 0 radical (unpaired) electrons. The number of amides is 2. The van der Waals surface area contributed by atoms with E-state index in [-0.39, 0.29) is 19.5 Å². The molecule has 1 aromatic rings. The number of hydrogen-bond acceptors (Lipinski definition) is 4. The van der Waals surface area contributed by atoms with Crippen molar-refractivity contribution in [3.05, 3.63) is 11.9 Å². The van der Waals surface area contributed by atoms with Gasteiger partial charge in [-0.05, 0) is 12.8 Å². The second-order valence-electron chi connectivity index (χ2n) is 5.11. The summed E-state index contributed by atoms with van der Waals surface area (Å²) in [4.78, 5) is 26.0. The number of nitrogens with one attached hydrogen (secondary N) is 1. The first kappa shape index (κ1) is 16.2. The zero-order valence-corrected chi connectivity index (χ0v) is 11.9. The van der Waals surface area contributed by atoms with Crippen molar-refractivity contribution >= 4 is 11.8 Å². The minimum absolute atomic E-state index is 0.0201. The monoisotopic (exact) mass is 319 g/mol. The third-order valence-corrected chi connectivity index (χ3v) is 3.31. The second-order valence-corrected chi connectivity index (χ2v) is 5.11. The summed E-state index contributed by atoms with van der Waals surface area (Å²) in [6.45, 7) is -1.22. The summed E-state index contributed by atoms with van der Waals surface area (Å²) in [7, 11) is 1.62. The Kier molecular flexibility index (Phi) is 4.67. The van der Waals surface area contributed by atoms with Crippen molar-refractivity contribution in [3.63, 3.8) is 0 Å². The number of carbonyl (C=O) groups is 2. The Balaban J connectivity index is 1.92. The van der Waals surface area contributed by atoms with E-state index in [0.717, 1.165) is 0 Å². The predicted octanol–water partition coefficient (Wildman–Crippen LogP) is 0.232. The van der Waals surface area contributed by atoms with Gasteiger partial charge in [-0.3, -0.25) is 9.59 Å². The maximum Gasteiger partial charge on any atom is 0.406 e. The molecule has 22 heavy (non-hydrogen) atoms. The van der Waals surface area contributed by atoms with Crippen LogP contribution in [0.4, 0.5) is 13.2 Å². The van der Waals surface area contributed by atoms with Crippen molar-refractivity contribution in [1.82, 2.24) is 25.2 Å². The molecule has 0 aromatic carbocycles. The number of halogens is 3. The van der Waals surface area contributed by atoms with E-state index in [0.29, 0.717) is 17.0 Å². The fourth-order valence-corrected chi connectivity index (χ4v) is 2.33. The average molecular weight is 319 g/mol. The van der Waals surface area contributed by atoms with Gasteiger partial charge >= 0.3 is 6.18 Å². The SMILES string of the molecule is Cn1ncc(CNC(=O)C2CCCN(CC(F)(F)F)C2=O)n1. The first-order valence-electron chi connectivity index (χ1n) is 6.75. The van der Waals surface area contributed by atoms with Gasteiger partial charge in [0.05, 0.1) is 12.7 Å². The molecule has 122 valence electrons. The quantitative estimate of drug-likeness (QED) is 0.806. The average Bonchev–Trinajstić information content (AvgIpc) is 2.83. The zero-order chi connectivity index (χ0) is 16.3. The number of carbonyl (C=O) groups excluding carboxylic acids is 2. The highest BCUT2D eigenvalue weighted by Crippen LogP contribution is 2.23. The van der Waals surface area contributed by atoms with Gasteiger partial charge in [-0.15, -0.1) is 0 Å². The molecule has 1 N–H and O–H groups in total. The van der Waals surface area contributed by atoms with Crippen LogP contribution in [-0.4, -0.2) is 51.0 Å². The normalized spacial score (nSPS) is 19.4. The number of rotatable bonds is 4. The summed E-state index contributed by atoms with van der Waals surface area (Å²) in [6, 6.07) is 0. The molecule has 10 heteroatoms. The van der Waals surface area contributed by atoms with Crippen molar-refractivity contribution in [3.8, 4) is 0 Å². The van der Waals surface area contributed by atoms with Gasteiger partial charge in [0.25, 0.3) is 0 Å². The number of hydrogen-bond donors (Lipinski definition) is 1. The van der Waals surface area contributed by atoms with Gasteiger partial charge in [0, 0.05) is 13.6 Å². The van der Waals surface area contributed by atoms with E-state index in [1.807, 2.05) is 0 Å². The topological polar surface area (TPSA) is 80.1 Å². The molecule has 1 fully saturated rings. The molecular weight excluding hydrogens is 303 g/mol. The van der Waals surface area contributed by atoms with Crippen molar-refractivity contribution < 1.29 is 22.8 Å². The molecule has 0 saturated carbocycles. The molecule has 7 nitrogen and oxygen atoms in total. The summed E-state index contributed by atoms with van der Waals surface area (Å²) in [6.07, 6.45) is -2.39. The highest BCUT2D eigenvalue weighted by atomic mass is 19.4. The summed E-state index contributed by atoms with van der Waals surface area (Å²) < 4.78 is 37.2. The number of piperidine rings is 1. The lowest BCUT2D eigenvalue weighted by molar-refractivity contribution is -0.168. The molecule has 1 unspecified atom stereocenters. The van der Waals surface area contributed by atoms with Crippen LogP contribution in [0.3, 0.4) is 0 Å². The standard InChI is InChI=1S/C12H16F3N5O2/c1-19-17-6-8(18-19)5-16-10(21)9-3-2-4-20(11(9)22)7-12(13,14)15/h6,9H,2-5,7H2,1H3,(H,16,21). The van der Waals surface area contributed by atoms with Crippen LogP contribution in [0.2, 0.25) is 0 Å². The van der Waals surface area contributed by atoms with Crippen LogP contribution in [0, 0.1) is 5.92 Å². The molecule has 2 heterocycles. The fourth-order valence-electron chi connectivity index (χ4n) is 2.33. The van der Waals surface area contributed by atoms with Gasteiger partial charge in [-0.1, -0.05) is 0 Å². The highest BCUT2D eigenvalue weighted by Gasteiger charge is 2.39. The molecule has 0 bridgehead atoms. The molecule has 2 amide bonds. The third-order valence-electron chi connectivity index (χ3n) is 3.31. The van der Waals surface area contributed by atoms with Crippen molar-refractivity contribution in [1.29, 1.82) is 0 Å². The Morgan fingerprint density at radius 2 is 2.23 bits per heavy atom. The van der Waals surface area contributed by atoms with Crippen molar-refractivity contribution in [2.24, 2.45) is 13.0 Å². The largest absolute Gasteiger partial charge is 0.406 e. The van der Waals surface area contributed by atoms with Gasteiger partial charge in [0.2, 0.25) is 11.8 Å². The molecule has 1 atom stereocenters. The molecule has 1 aliphatic heterocycles. The molecule has 1 aliphatic rings. The van der Waals surface area contributed by atoms with Crippen LogP contribution in [0.15, 0.2) is 6.20 Å². The van der Waals surface area contributed by atoms with E-state index in [2.05, 4.69) is 15.5 Å². The molecule has 0 aliphatic carbocycles. The molecule has 0 spiro atoms. The van der Waals surface area contributed by atoms with Crippen LogP contribution < -0.4 is 5.32 Å². The Labute approximate surface area is 124 Å². The summed E-state index contributed by atoms with van der Waals surface area (Å²) in [5.74, 6) is -2.43.